The summed E-state index contributed by atoms with van der Waals surface area (Å²) in [6.07, 6.45) is 5.35. The minimum atomic E-state index is -0.440. The number of rotatable bonds is 6. The van der Waals surface area contributed by atoms with Crippen LogP contribution in [-0.4, -0.2) is 23.3 Å². The standard InChI is InChI=1S/C15H27N3O2/c1-4-15(3,19-5-2)14-17-13(20-18-14)12-8-6-11(10-16)7-9-12/h11-12H,4-10,16H2,1-3H3. The van der Waals surface area contributed by atoms with E-state index in [2.05, 4.69) is 17.1 Å². The topological polar surface area (TPSA) is 74.2 Å². The Bertz CT molecular complexity index is 413. The molecule has 114 valence electrons. The molecule has 0 bridgehead atoms. The minimum Gasteiger partial charge on any atom is -0.367 e. The second kappa shape index (κ2) is 6.68. The number of hydrogen-bond acceptors (Lipinski definition) is 5. The molecule has 0 spiro atoms. The zero-order valence-electron chi connectivity index (χ0n) is 12.9. The Balaban J connectivity index is 2.05. The summed E-state index contributed by atoms with van der Waals surface area (Å²) in [6, 6.07) is 0. The van der Waals surface area contributed by atoms with Gasteiger partial charge in [0.25, 0.3) is 0 Å². The van der Waals surface area contributed by atoms with Crippen LogP contribution in [0.1, 0.15) is 70.5 Å². The molecule has 20 heavy (non-hydrogen) atoms. The van der Waals surface area contributed by atoms with Crippen LogP contribution in [0, 0.1) is 5.92 Å². The molecule has 1 aromatic rings. The number of nitrogens with zero attached hydrogens (tertiary/aromatic N) is 2. The summed E-state index contributed by atoms with van der Waals surface area (Å²) in [4.78, 5) is 4.61. The first-order chi connectivity index (χ1) is 9.62. The molecule has 1 aliphatic carbocycles. The molecule has 0 radical (unpaired) electrons. The van der Waals surface area contributed by atoms with Crippen LogP contribution in [-0.2, 0) is 10.3 Å². The number of ether oxygens (including phenoxy) is 1. The molecule has 1 aliphatic rings. The molecule has 0 aromatic carbocycles. The summed E-state index contributed by atoms with van der Waals surface area (Å²) in [6.45, 7) is 7.54. The molecular formula is C15H27N3O2. The van der Waals surface area contributed by atoms with E-state index in [1.165, 1.54) is 0 Å². The van der Waals surface area contributed by atoms with E-state index >= 15 is 0 Å². The fourth-order valence-electron chi connectivity index (χ4n) is 2.90. The van der Waals surface area contributed by atoms with Crippen molar-refractivity contribution in [1.29, 1.82) is 0 Å². The highest BCUT2D eigenvalue weighted by Crippen LogP contribution is 2.36. The van der Waals surface area contributed by atoms with E-state index in [-0.39, 0.29) is 0 Å². The Morgan fingerprint density at radius 2 is 2.00 bits per heavy atom. The number of hydrogen-bond donors (Lipinski definition) is 1. The zero-order valence-corrected chi connectivity index (χ0v) is 12.9. The Kier molecular flexibility index (Phi) is 5.16. The van der Waals surface area contributed by atoms with Gasteiger partial charge in [0.15, 0.2) is 0 Å². The molecule has 1 heterocycles. The molecular weight excluding hydrogens is 254 g/mol. The van der Waals surface area contributed by atoms with Gasteiger partial charge in [-0.1, -0.05) is 12.1 Å². The van der Waals surface area contributed by atoms with E-state index in [0.29, 0.717) is 24.3 Å². The molecule has 0 amide bonds. The molecule has 5 heteroatoms. The van der Waals surface area contributed by atoms with Crippen LogP contribution in [0.3, 0.4) is 0 Å². The van der Waals surface area contributed by atoms with Gasteiger partial charge < -0.3 is 15.0 Å². The lowest BCUT2D eigenvalue weighted by molar-refractivity contribution is -0.0403. The van der Waals surface area contributed by atoms with Gasteiger partial charge in [-0.2, -0.15) is 4.98 Å². The third-order valence-corrected chi connectivity index (χ3v) is 4.58. The van der Waals surface area contributed by atoms with E-state index in [1.54, 1.807) is 0 Å². The quantitative estimate of drug-likeness (QED) is 0.867. The maximum atomic E-state index is 5.80. The van der Waals surface area contributed by atoms with Crippen molar-refractivity contribution < 1.29 is 9.26 Å². The van der Waals surface area contributed by atoms with Gasteiger partial charge in [0.05, 0.1) is 0 Å². The fraction of sp³-hybridized carbons (Fsp3) is 0.867. The summed E-state index contributed by atoms with van der Waals surface area (Å²) in [5.74, 6) is 2.51. The molecule has 1 saturated carbocycles. The van der Waals surface area contributed by atoms with Crippen molar-refractivity contribution in [3.05, 3.63) is 11.7 Å². The molecule has 0 saturated heterocycles. The van der Waals surface area contributed by atoms with Gasteiger partial charge in [0.1, 0.15) is 5.60 Å². The van der Waals surface area contributed by atoms with Gasteiger partial charge >= 0.3 is 0 Å². The Morgan fingerprint density at radius 1 is 1.30 bits per heavy atom. The molecule has 1 aromatic heterocycles. The van der Waals surface area contributed by atoms with Crippen molar-refractivity contribution in [1.82, 2.24) is 10.1 Å². The monoisotopic (exact) mass is 281 g/mol. The first-order valence-electron chi connectivity index (χ1n) is 7.81. The summed E-state index contributed by atoms with van der Waals surface area (Å²) in [7, 11) is 0. The average Bonchev–Trinajstić information content (AvgIpc) is 2.98. The first-order valence-corrected chi connectivity index (χ1v) is 7.81. The molecule has 5 nitrogen and oxygen atoms in total. The lowest BCUT2D eigenvalue weighted by atomic mass is 9.82. The van der Waals surface area contributed by atoms with Crippen molar-refractivity contribution in [3.63, 3.8) is 0 Å². The van der Waals surface area contributed by atoms with Crippen LogP contribution in [0.2, 0.25) is 0 Å². The van der Waals surface area contributed by atoms with Crippen LogP contribution in [0.25, 0.3) is 0 Å². The largest absolute Gasteiger partial charge is 0.367 e. The van der Waals surface area contributed by atoms with Crippen LogP contribution >= 0.6 is 0 Å². The first kappa shape index (κ1) is 15.4. The van der Waals surface area contributed by atoms with Crippen LogP contribution in [0.4, 0.5) is 0 Å². The second-order valence-electron chi connectivity index (χ2n) is 5.93. The summed E-state index contributed by atoms with van der Waals surface area (Å²) >= 11 is 0. The highest BCUT2D eigenvalue weighted by atomic mass is 16.5. The van der Waals surface area contributed by atoms with E-state index < -0.39 is 5.60 Å². The highest BCUT2D eigenvalue weighted by molar-refractivity contribution is 5.03. The third-order valence-electron chi connectivity index (χ3n) is 4.58. The van der Waals surface area contributed by atoms with Crippen LogP contribution < -0.4 is 5.73 Å². The van der Waals surface area contributed by atoms with Crippen molar-refractivity contribution >= 4 is 0 Å². The molecule has 1 atom stereocenters. The lowest BCUT2D eigenvalue weighted by Gasteiger charge is -2.25. The third kappa shape index (κ3) is 3.20. The molecule has 1 unspecified atom stereocenters. The fourth-order valence-corrected chi connectivity index (χ4v) is 2.90. The maximum Gasteiger partial charge on any atom is 0.229 e. The highest BCUT2D eigenvalue weighted by Gasteiger charge is 2.33. The minimum absolute atomic E-state index is 0.391. The van der Waals surface area contributed by atoms with Crippen molar-refractivity contribution in [3.8, 4) is 0 Å². The summed E-state index contributed by atoms with van der Waals surface area (Å²) in [5, 5.41) is 4.16. The van der Waals surface area contributed by atoms with Gasteiger partial charge in [0, 0.05) is 12.5 Å². The van der Waals surface area contributed by atoms with Gasteiger partial charge in [-0.3, -0.25) is 0 Å². The SMILES string of the molecule is CCOC(C)(CC)c1noc(C2CCC(CN)CC2)n1. The predicted molar refractivity (Wildman–Crippen MR) is 77.3 cm³/mol. The Morgan fingerprint density at radius 3 is 2.55 bits per heavy atom. The van der Waals surface area contributed by atoms with E-state index in [0.717, 1.165) is 44.5 Å². The van der Waals surface area contributed by atoms with Crippen LogP contribution in [0.15, 0.2) is 4.52 Å². The zero-order chi connectivity index (χ0) is 14.6. The molecule has 2 rings (SSSR count). The number of aromatic nitrogens is 2. The molecule has 2 N–H and O–H groups in total. The van der Waals surface area contributed by atoms with Crippen molar-refractivity contribution in [2.24, 2.45) is 11.7 Å². The lowest BCUT2D eigenvalue weighted by Crippen LogP contribution is -2.26. The summed E-state index contributed by atoms with van der Waals surface area (Å²) in [5.41, 5.74) is 5.29. The maximum absolute atomic E-state index is 5.80. The summed E-state index contributed by atoms with van der Waals surface area (Å²) < 4.78 is 11.3. The van der Waals surface area contributed by atoms with Gasteiger partial charge in [0.2, 0.25) is 11.7 Å². The molecule has 1 fully saturated rings. The second-order valence-corrected chi connectivity index (χ2v) is 5.93. The number of nitrogens with two attached hydrogens (primary N) is 1. The van der Waals surface area contributed by atoms with Crippen molar-refractivity contribution in [2.45, 2.75) is 64.4 Å². The Labute approximate surface area is 121 Å². The Hall–Kier alpha value is -0.940. The van der Waals surface area contributed by atoms with Gasteiger partial charge in [-0.25, -0.2) is 0 Å². The van der Waals surface area contributed by atoms with Gasteiger partial charge in [-0.15, -0.1) is 0 Å². The molecule has 0 aliphatic heterocycles. The predicted octanol–water partition coefficient (Wildman–Crippen LogP) is 2.96. The average molecular weight is 281 g/mol. The van der Waals surface area contributed by atoms with Gasteiger partial charge in [-0.05, 0) is 58.4 Å². The smallest absolute Gasteiger partial charge is 0.229 e. The van der Waals surface area contributed by atoms with E-state index in [9.17, 15) is 0 Å². The van der Waals surface area contributed by atoms with Crippen molar-refractivity contribution in [2.75, 3.05) is 13.2 Å². The van der Waals surface area contributed by atoms with Crippen LogP contribution in [0.5, 0.6) is 0 Å². The normalized spacial score (nSPS) is 26.4. The van der Waals surface area contributed by atoms with E-state index in [1.807, 2.05) is 13.8 Å². The van der Waals surface area contributed by atoms with E-state index in [4.69, 9.17) is 15.0 Å².